The van der Waals surface area contributed by atoms with Crippen molar-refractivity contribution in [1.82, 2.24) is 0 Å². The number of hydrogen-bond donors (Lipinski definition) is 1. The van der Waals surface area contributed by atoms with Crippen molar-refractivity contribution in [3.05, 3.63) is 29.8 Å². The third kappa shape index (κ3) is 2.99. The number of benzene rings is 1. The van der Waals surface area contributed by atoms with Gasteiger partial charge >= 0.3 is 0 Å². The van der Waals surface area contributed by atoms with Gasteiger partial charge in [-0.15, -0.1) is 0 Å². The molecule has 0 radical (unpaired) electrons. The number of rotatable bonds is 6. The molecule has 0 aliphatic carbocycles. The summed E-state index contributed by atoms with van der Waals surface area (Å²) in [7, 11) is 1.61. The SMILES string of the molecule is CCOC(C)(CC)C(O)c1ccccc1OC. The fourth-order valence-corrected chi connectivity index (χ4v) is 1.93. The molecule has 0 amide bonds. The first-order valence-corrected chi connectivity index (χ1v) is 6.04. The molecule has 0 aromatic heterocycles. The van der Waals surface area contributed by atoms with Crippen molar-refractivity contribution in [3.8, 4) is 5.75 Å². The highest BCUT2D eigenvalue weighted by Gasteiger charge is 2.34. The van der Waals surface area contributed by atoms with Crippen LogP contribution in [0.2, 0.25) is 0 Å². The maximum atomic E-state index is 10.5. The van der Waals surface area contributed by atoms with Crippen LogP contribution in [0.5, 0.6) is 5.75 Å². The quantitative estimate of drug-likeness (QED) is 0.828. The largest absolute Gasteiger partial charge is 0.496 e. The second-order valence-electron chi connectivity index (χ2n) is 4.24. The molecule has 0 spiro atoms. The van der Waals surface area contributed by atoms with Gasteiger partial charge in [-0.05, 0) is 26.3 Å². The van der Waals surface area contributed by atoms with Crippen LogP contribution in [0.25, 0.3) is 0 Å². The van der Waals surface area contributed by atoms with Gasteiger partial charge in [0.15, 0.2) is 0 Å². The Morgan fingerprint density at radius 3 is 2.47 bits per heavy atom. The summed E-state index contributed by atoms with van der Waals surface area (Å²) in [6, 6.07) is 7.50. The van der Waals surface area contributed by atoms with Crippen LogP contribution < -0.4 is 4.74 Å². The minimum atomic E-state index is -0.691. The molecule has 2 atom stereocenters. The highest BCUT2D eigenvalue weighted by molar-refractivity contribution is 5.36. The van der Waals surface area contributed by atoms with Gasteiger partial charge in [-0.25, -0.2) is 0 Å². The van der Waals surface area contributed by atoms with Crippen molar-refractivity contribution in [2.24, 2.45) is 0 Å². The lowest BCUT2D eigenvalue weighted by atomic mass is 9.89. The van der Waals surface area contributed by atoms with Crippen LogP contribution >= 0.6 is 0 Å². The first-order valence-electron chi connectivity index (χ1n) is 6.04. The molecule has 0 fully saturated rings. The van der Waals surface area contributed by atoms with E-state index in [1.165, 1.54) is 0 Å². The molecule has 0 heterocycles. The van der Waals surface area contributed by atoms with Crippen molar-refractivity contribution < 1.29 is 14.6 Å². The highest BCUT2D eigenvalue weighted by Crippen LogP contribution is 2.36. The average molecular weight is 238 g/mol. The first kappa shape index (κ1) is 14.0. The molecule has 1 rings (SSSR count). The Hall–Kier alpha value is -1.06. The normalized spacial score (nSPS) is 16.3. The zero-order chi connectivity index (χ0) is 12.9. The lowest BCUT2D eigenvalue weighted by molar-refractivity contribution is -0.113. The van der Waals surface area contributed by atoms with Gasteiger partial charge in [0.1, 0.15) is 11.9 Å². The smallest absolute Gasteiger partial charge is 0.124 e. The first-order chi connectivity index (χ1) is 8.09. The number of para-hydroxylation sites is 1. The van der Waals surface area contributed by atoms with E-state index in [1.54, 1.807) is 7.11 Å². The number of hydrogen-bond acceptors (Lipinski definition) is 3. The van der Waals surface area contributed by atoms with E-state index in [-0.39, 0.29) is 0 Å². The zero-order valence-corrected chi connectivity index (χ0v) is 11.1. The summed E-state index contributed by atoms with van der Waals surface area (Å²) in [6.07, 6.45) is 0.0451. The molecule has 0 saturated heterocycles. The van der Waals surface area contributed by atoms with Gasteiger partial charge in [-0.1, -0.05) is 25.1 Å². The lowest BCUT2D eigenvalue weighted by Crippen LogP contribution is -2.35. The van der Waals surface area contributed by atoms with Crippen molar-refractivity contribution in [3.63, 3.8) is 0 Å². The van der Waals surface area contributed by atoms with Gasteiger partial charge in [0.05, 0.1) is 12.7 Å². The molecule has 96 valence electrons. The topological polar surface area (TPSA) is 38.7 Å². The van der Waals surface area contributed by atoms with Crippen molar-refractivity contribution in [2.45, 2.75) is 38.9 Å². The molecule has 1 aromatic rings. The summed E-state index contributed by atoms with van der Waals surface area (Å²) >= 11 is 0. The summed E-state index contributed by atoms with van der Waals surface area (Å²) in [6.45, 7) is 6.45. The van der Waals surface area contributed by atoms with E-state index in [4.69, 9.17) is 9.47 Å². The van der Waals surface area contributed by atoms with Crippen LogP contribution in [0.3, 0.4) is 0 Å². The fourth-order valence-electron chi connectivity index (χ4n) is 1.93. The van der Waals surface area contributed by atoms with Crippen molar-refractivity contribution >= 4 is 0 Å². The van der Waals surface area contributed by atoms with Crippen LogP contribution in [-0.2, 0) is 4.74 Å². The molecule has 3 nitrogen and oxygen atoms in total. The van der Waals surface area contributed by atoms with Crippen LogP contribution in [0, 0.1) is 0 Å². The number of aliphatic hydroxyl groups is 1. The third-order valence-electron chi connectivity index (χ3n) is 3.19. The monoisotopic (exact) mass is 238 g/mol. The van der Waals surface area contributed by atoms with Gasteiger partial charge in [0.25, 0.3) is 0 Å². The van der Waals surface area contributed by atoms with Crippen LogP contribution in [0.15, 0.2) is 24.3 Å². The van der Waals surface area contributed by atoms with Gasteiger partial charge < -0.3 is 14.6 Å². The molecule has 2 unspecified atom stereocenters. The van der Waals surface area contributed by atoms with E-state index in [1.807, 2.05) is 45.0 Å². The summed E-state index contributed by atoms with van der Waals surface area (Å²) < 4.78 is 11.0. The van der Waals surface area contributed by atoms with Gasteiger partial charge in [-0.2, -0.15) is 0 Å². The maximum absolute atomic E-state index is 10.5. The predicted molar refractivity (Wildman–Crippen MR) is 68.3 cm³/mol. The molecule has 1 aromatic carbocycles. The van der Waals surface area contributed by atoms with E-state index in [2.05, 4.69) is 0 Å². The predicted octanol–water partition coefficient (Wildman–Crippen LogP) is 2.93. The highest BCUT2D eigenvalue weighted by atomic mass is 16.5. The molecule has 3 heteroatoms. The molecule has 0 saturated carbocycles. The minimum Gasteiger partial charge on any atom is -0.496 e. The van der Waals surface area contributed by atoms with E-state index < -0.39 is 11.7 Å². The van der Waals surface area contributed by atoms with Crippen LogP contribution in [-0.4, -0.2) is 24.4 Å². The summed E-state index contributed by atoms with van der Waals surface area (Å²) in [5, 5.41) is 10.5. The summed E-state index contributed by atoms with van der Waals surface area (Å²) in [5.41, 5.74) is 0.191. The molecule has 0 bridgehead atoms. The Morgan fingerprint density at radius 1 is 1.29 bits per heavy atom. The molecule has 0 aliphatic rings. The molecular weight excluding hydrogens is 216 g/mol. The third-order valence-corrected chi connectivity index (χ3v) is 3.19. The Labute approximate surface area is 103 Å². The Bertz CT molecular complexity index is 351. The average Bonchev–Trinajstić information content (AvgIpc) is 2.38. The zero-order valence-electron chi connectivity index (χ0n) is 11.1. The lowest BCUT2D eigenvalue weighted by Gasteiger charge is -2.34. The maximum Gasteiger partial charge on any atom is 0.124 e. The van der Waals surface area contributed by atoms with Crippen molar-refractivity contribution in [2.75, 3.05) is 13.7 Å². The van der Waals surface area contributed by atoms with Crippen LogP contribution in [0.1, 0.15) is 38.9 Å². The molecule has 1 N–H and O–H groups in total. The Kier molecular flexibility index (Phi) is 4.97. The fraction of sp³-hybridized carbons (Fsp3) is 0.571. The Balaban J connectivity index is 3.05. The van der Waals surface area contributed by atoms with Gasteiger partial charge in [-0.3, -0.25) is 0 Å². The molecule has 0 aliphatic heterocycles. The molecular formula is C14H22O3. The second kappa shape index (κ2) is 6.03. The number of methoxy groups -OCH3 is 1. The second-order valence-corrected chi connectivity index (χ2v) is 4.24. The Morgan fingerprint density at radius 2 is 1.94 bits per heavy atom. The summed E-state index contributed by atoms with van der Waals surface area (Å²) in [4.78, 5) is 0. The van der Waals surface area contributed by atoms with Crippen molar-refractivity contribution in [1.29, 1.82) is 0 Å². The molecule has 17 heavy (non-hydrogen) atoms. The summed E-state index contributed by atoms with van der Waals surface area (Å²) in [5.74, 6) is 0.694. The number of ether oxygens (including phenoxy) is 2. The van der Waals surface area contributed by atoms with E-state index >= 15 is 0 Å². The van der Waals surface area contributed by atoms with Gasteiger partial charge in [0.2, 0.25) is 0 Å². The minimum absolute atomic E-state index is 0.580. The standard InChI is InChI=1S/C14H22O3/c1-5-14(3,17-6-2)13(15)11-9-7-8-10-12(11)16-4/h7-10,13,15H,5-6H2,1-4H3. The van der Waals surface area contributed by atoms with E-state index in [0.717, 1.165) is 12.0 Å². The van der Waals surface area contributed by atoms with E-state index in [9.17, 15) is 5.11 Å². The van der Waals surface area contributed by atoms with Gasteiger partial charge in [0, 0.05) is 12.2 Å². The van der Waals surface area contributed by atoms with Crippen LogP contribution in [0.4, 0.5) is 0 Å². The number of aliphatic hydroxyl groups excluding tert-OH is 1. The van der Waals surface area contributed by atoms with E-state index in [0.29, 0.717) is 12.4 Å².